The van der Waals surface area contributed by atoms with Gasteiger partial charge in [0.1, 0.15) is 0 Å². The largest absolute Gasteiger partial charge is 0.314 e. The minimum Gasteiger partial charge on any atom is -0.314 e. The van der Waals surface area contributed by atoms with Crippen molar-refractivity contribution in [2.24, 2.45) is 5.92 Å². The smallest absolute Gasteiger partial charge is 0.263 e. The summed E-state index contributed by atoms with van der Waals surface area (Å²) in [4.78, 5) is 3.70. The third-order valence-corrected chi connectivity index (χ3v) is 5.41. The molecule has 0 aliphatic carbocycles. The maximum absolute atomic E-state index is 13.7. The number of pyridine rings is 1. The molecule has 1 fully saturated rings. The van der Waals surface area contributed by atoms with E-state index in [4.69, 9.17) is 0 Å². The highest BCUT2D eigenvalue weighted by atomic mass is 32.2. The first-order valence-corrected chi connectivity index (χ1v) is 8.69. The lowest BCUT2D eigenvalue weighted by Gasteiger charge is -2.32. The van der Waals surface area contributed by atoms with Crippen molar-refractivity contribution in [3.8, 4) is 0 Å². The predicted molar refractivity (Wildman–Crippen MR) is 78.8 cm³/mol. The third-order valence-electron chi connectivity index (χ3n) is 3.61. The lowest BCUT2D eigenvalue weighted by molar-refractivity contribution is 0.255. The highest BCUT2D eigenvalue weighted by Gasteiger charge is 2.32. The number of halogens is 1. The van der Waals surface area contributed by atoms with E-state index in [1.54, 1.807) is 0 Å². The zero-order chi connectivity index (χ0) is 15.5. The summed E-state index contributed by atoms with van der Waals surface area (Å²) in [6.07, 6.45) is 3.08. The van der Waals surface area contributed by atoms with E-state index in [2.05, 4.69) is 24.1 Å². The van der Waals surface area contributed by atoms with Crippen LogP contribution in [0.25, 0.3) is 0 Å². The van der Waals surface area contributed by atoms with Crippen LogP contribution >= 0.6 is 0 Å². The van der Waals surface area contributed by atoms with Gasteiger partial charge < -0.3 is 5.32 Å². The van der Waals surface area contributed by atoms with E-state index >= 15 is 0 Å². The van der Waals surface area contributed by atoms with E-state index in [9.17, 15) is 12.8 Å². The van der Waals surface area contributed by atoms with Gasteiger partial charge in [0.25, 0.3) is 10.0 Å². The molecule has 2 rings (SSSR count). The topological polar surface area (TPSA) is 62.3 Å². The van der Waals surface area contributed by atoms with Gasteiger partial charge in [-0.3, -0.25) is 0 Å². The molecule has 1 aliphatic rings. The van der Waals surface area contributed by atoms with Crippen LogP contribution in [0, 0.1) is 11.7 Å². The molecule has 118 valence electrons. The Balaban J connectivity index is 2.11. The van der Waals surface area contributed by atoms with Crippen LogP contribution in [0.1, 0.15) is 26.7 Å². The fourth-order valence-electron chi connectivity index (χ4n) is 2.50. The molecule has 0 amide bonds. The second-order valence-corrected chi connectivity index (χ2v) is 7.58. The number of nitrogens with zero attached hydrogens (tertiary/aromatic N) is 2. The Bertz CT molecular complexity index is 577. The van der Waals surface area contributed by atoms with E-state index in [0.29, 0.717) is 19.1 Å². The summed E-state index contributed by atoms with van der Waals surface area (Å²) < 4.78 is 40.1. The van der Waals surface area contributed by atoms with Crippen molar-refractivity contribution >= 4 is 10.0 Å². The Hall–Kier alpha value is -1.05. The second kappa shape index (κ2) is 6.81. The van der Waals surface area contributed by atoms with E-state index in [0.717, 1.165) is 25.5 Å². The summed E-state index contributed by atoms with van der Waals surface area (Å²) >= 11 is 0. The number of piperidine rings is 1. The van der Waals surface area contributed by atoms with Crippen molar-refractivity contribution in [3.05, 3.63) is 24.1 Å². The van der Waals surface area contributed by atoms with Gasteiger partial charge in [0.05, 0.1) is 0 Å². The Morgan fingerprint density at radius 3 is 2.95 bits per heavy atom. The van der Waals surface area contributed by atoms with Crippen molar-refractivity contribution in [1.29, 1.82) is 0 Å². The Morgan fingerprint density at radius 1 is 1.52 bits per heavy atom. The fraction of sp³-hybridized carbons (Fsp3) is 0.643. The van der Waals surface area contributed by atoms with Crippen molar-refractivity contribution in [3.63, 3.8) is 0 Å². The second-order valence-electron chi connectivity index (χ2n) is 5.72. The van der Waals surface area contributed by atoms with Crippen LogP contribution < -0.4 is 5.32 Å². The van der Waals surface area contributed by atoms with Crippen molar-refractivity contribution in [2.75, 3.05) is 19.6 Å². The molecule has 1 N–H and O–H groups in total. The average Bonchev–Trinajstić information content (AvgIpc) is 2.45. The molecule has 0 bridgehead atoms. The number of nitrogens with one attached hydrogen (secondary N) is 1. The Labute approximate surface area is 125 Å². The molecule has 1 aliphatic heterocycles. The quantitative estimate of drug-likeness (QED) is 0.897. The predicted octanol–water partition coefficient (Wildman–Crippen LogP) is 1.62. The van der Waals surface area contributed by atoms with Gasteiger partial charge in [-0.15, -0.1) is 0 Å². The molecular weight excluding hydrogens is 293 g/mol. The molecule has 5 nitrogen and oxygen atoms in total. The summed E-state index contributed by atoms with van der Waals surface area (Å²) in [5.74, 6) is -0.539. The van der Waals surface area contributed by atoms with Crippen LogP contribution in [0.15, 0.2) is 23.4 Å². The summed E-state index contributed by atoms with van der Waals surface area (Å²) in [6, 6.07) is 2.88. The van der Waals surface area contributed by atoms with Crippen molar-refractivity contribution < 1.29 is 12.8 Å². The van der Waals surface area contributed by atoms with E-state index in [1.807, 2.05) is 0 Å². The molecule has 1 atom stereocenters. The minimum absolute atomic E-state index is 0.252. The van der Waals surface area contributed by atoms with Gasteiger partial charge in [-0.1, -0.05) is 13.8 Å². The SMILES string of the molecule is CC(C)NCC1CCCN(S(=O)(=O)c2ncccc2F)C1. The van der Waals surface area contributed by atoms with Gasteiger partial charge in [0.2, 0.25) is 5.03 Å². The molecule has 0 aromatic carbocycles. The van der Waals surface area contributed by atoms with E-state index in [-0.39, 0.29) is 5.92 Å². The molecule has 1 unspecified atom stereocenters. The van der Waals surface area contributed by atoms with Crippen LogP contribution in [0.5, 0.6) is 0 Å². The summed E-state index contributed by atoms with van der Waals surface area (Å²) in [5.41, 5.74) is 0. The molecule has 0 radical (unpaired) electrons. The monoisotopic (exact) mass is 315 g/mol. The van der Waals surface area contributed by atoms with Gasteiger partial charge >= 0.3 is 0 Å². The third kappa shape index (κ3) is 3.99. The zero-order valence-corrected chi connectivity index (χ0v) is 13.2. The molecule has 0 spiro atoms. The molecule has 1 aromatic heterocycles. The minimum atomic E-state index is -3.84. The molecule has 1 aromatic rings. The van der Waals surface area contributed by atoms with E-state index in [1.165, 1.54) is 16.6 Å². The molecular formula is C14H22FN3O2S. The first-order chi connectivity index (χ1) is 9.91. The van der Waals surface area contributed by atoms with Gasteiger partial charge in [-0.05, 0) is 37.4 Å². The molecule has 0 saturated carbocycles. The summed E-state index contributed by atoms with van der Waals surface area (Å²) in [6.45, 7) is 5.73. The van der Waals surface area contributed by atoms with Crippen molar-refractivity contribution in [2.45, 2.75) is 37.8 Å². The standard InChI is InChI=1S/C14H22FN3O2S/c1-11(2)17-9-12-5-4-8-18(10-12)21(19,20)14-13(15)6-3-7-16-14/h3,6-7,11-12,17H,4-5,8-10H2,1-2H3. The number of rotatable bonds is 5. The number of sulfonamides is 1. The highest BCUT2D eigenvalue weighted by molar-refractivity contribution is 7.89. The van der Waals surface area contributed by atoms with Gasteiger partial charge in [-0.25, -0.2) is 17.8 Å². The Morgan fingerprint density at radius 2 is 2.29 bits per heavy atom. The van der Waals surface area contributed by atoms with E-state index < -0.39 is 20.9 Å². The number of hydrogen-bond donors (Lipinski definition) is 1. The number of aromatic nitrogens is 1. The highest BCUT2D eigenvalue weighted by Crippen LogP contribution is 2.23. The maximum Gasteiger partial charge on any atom is 0.263 e. The first kappa shape index (κ1) is 16.3. The maximum atomic E-state index is 13.7. The van der Waals surface area contributed by atoms with Crippen LogP contribution in [0.4, 0.5) is 4.39 Å². The normalized spacial score (nSPS) is 20.9. The van der Waals surface area contributed by atoms with Gasteiger partial charge in [-0.2, -0.15) is 4.31 Å². The lowest BCUT2D eigenvalue weighted by atomic mass is 9.99. The Kier molecular flexibility index (Phi) is 5.29. The summed E-state index contributed by atoms with van der Waals surface area (Å²) in [7, 11) is -3.84. The van der Waals surface area contributed by atoms with Crippen LogP contribution in [0.2, 0.25) is 0 Å². The van der Waals surface area contributed by atoms with Crippen LogP contribution in [-0.4, -0.2) is 43.4 Å². The van der Waals surface area contributed by atoms with Gasteiger partial charge in [0.15, 0.2) is 5.82 Å². The molecule has 7 heteroatoms. The lowest BCUT2D eigenvalue weighted by Crippen LogP contribution is -2.44. The fourth-order valence-corrected chi connectivity index (χ4v) is 4.03. The average molecular weight is 315 g/mol. The summed E-state index contributed by atoms with van der Waals surface area (Å²) in [5, 5.41) is 2.86. The number of hydrogen-bond acceptors (Lipinski definition) is 4. The van der Waals surface area contributed by atoms with Crippen LogP contribution in [0.3, 0.4) is 0 Å². The van der Waals surface area contributed by atoms with Crippen molar-refractivity contribution in [1.82, 2.24) is 14.6 Å². The zero-order valence-electron chi connectivity index (χ0n) is 12.4. The van der Waals surface area contributed by atoms with Crippen LogP contribution in [-0.2, 0) is 10.0 Å². The molecule has 21 heavy (non-hydrogen) atoms. The first-order valence-electron chi connectivity index (χ1n) is 7.25. The molecule has 1 saturated heterocycles. The van der Waals surface area contributed by atoms with Gasteiger partial charge in [0, 0.05) is 25.3 Å². The molecule has 2 heterocycles.